The fourth-order valence-corrected chi connectivity index (χ4v) is 2.92. The first kappa shape index (κ1) is 18.9. The number of benzene rings is 2. The number of nitrogens with zero attached hydrogens (tertiary/aromatic N) is 2. The molecule has 0 saturated carbocycles. The summed E-state index contributed by atoms with van der Waals surface area (Å²) in [5.41, 5.74) is 5.39. The van der Waals surface area contributed by atoms with Gasteiger partial charge in [0.2, 0.25) is 0 Å². The fourth-order valence-electron chi connectivity index (χ4n) is 2.92. The number of aryl methyl sites for hydroxylation is 1. The van der Waals surface area contributed by atoms with Gasteiger partial charge >= 0.3 is 13.3 Å². The van der Waals surface area contributed by atoms with E-state index >= 15 is 0 Å². The highest BCUT2D eigenvalue weighted by Gasteiger charge is 2.37. The lowest BCUT2D eigenvalue weighted by Crippen LogP contribution is -2.31. The van der Waals surface area contributed by atoms with Gasteiger partial charge in [-0.15, -0.1) is 5.10 Å². The van der Waals surface area contributed by atoms with Crippen LogP contribution in [0.15, 0.2) is 30.3 Å². The van der Waals surface area contributed by atoms with Crippen LogP contribution in [0.3, 0.4) is 0 Å². The van der Waals surface area contributed by atoms with E-state index in [1.54, 1.807) is 25.1 Å². The third kappa shape index (κ3) is 3.41. The van der Waals surface area contributed by atoms with Crippen LogP contribution in [-0.4, -0.2) is 34.5 Å². The number of nitrogens with two attached hydrogens (primary N) is 1. The molecule has 0 aliphatic rings. The molecule has 0 atom stereocenters. The fraction of sp³-hybridized carbons (Fsp3) is 0.176. The predicted molar refractivity (Wildman–Crippen MR) is 95.5 cm³/mol. The summed E-state index contributed by atoms with van der Waals surface area (Å²) in [7, 11) is -0.946. The number of aromatic nitrogens is 2. The zero-order valence-corrected chi connectivity index (χ0v) is 14.4. The van der Waals surface area contributed by atoms with Crippen LogP contribution in [0.4, 0.5) is 19.0 Å². The number of fused-ring (bicyclic) bond motifs is 1. The van der Waals surface area contributed by atoms with Crippen molar-refractivity contribution < 1.29 is 28.0 Å². The SMILES string of the molecule is COc1c(-c2ccc3c(N)nnc(C)c3c2)cc(B(O)O)cc1C(F)(F)F. The van der Waals surface area contributed by atoms with Crippen molar-refractivity contribution in [3.63, 3.8) is 0 Å². The van der Waals surface area contributed by atoms with E-state index in [0.717, 1.165) is 7.11 Å². The average molecular weight is 377 g/mol. The van der Waals surface area contributed by atoms with Crippen LogP contribution in [0.2, 0.25) is 0 Å². The number of nitrogen functional groups attached to an aromatic ring is 1. The number of ether oxygens (including phenoxy) is 1. The highest BCUT2D eigenvalue weighted by atomic mass is 19.4. The Bertz CT molecular complexity index is 1030. The third-order valence-corrected chi connectivity index (χ3v) is 4.22. The van der Waals surface area contributed by atoms with Crippen molar-refractivity contribution in [2.75, 3.05) is 12.8 Å². The first-order valence-electron chi connectivity index (χ1n) is 7.81. The summed E-state index contributed by atoms with van der Waals surface area (Å²) in [5, 5.41) is 27.8. The maximum absolute atomic E-state index is 13.5. The number of anilines is 1. The Morgan fingerprint density at radius 1 is 1.07 bits per heavy atom. The Morgan fingerprint density at radius 2 is 1.78 bits per heavy atom. The molecule has 0 fully saturated rings. The van der Waals surface area contributed by atoms with E-state index in [1.807, 2.05) is 0 Å². The van der Waals surface area contributed by atoms with Gasteiger partial charge in [-0.3, -0.25) is 0 Å². The monoisotopic (exact) mass is 377 g/mol. The van der Waals surface area contributed by atoms with E-state index in [9.17, 15) is 23.2 Å². The first-order chi connectivity index (χ1) is 12.6. The molecule has 0 bridgehead atoms. The van der Waals surface area contributed by atoms with Crippen molar-refractivity contribution in [1.82, 2.24) is 10.2 Å². The minimum atomic E-state index is -4.74. The Hall–Kier alpha value is -2.85. The average Bonchev–Trinajstić information content (AvgIpc) is 2.62. The van der Waals surface area contributed by atoms with Crippen molar-refractivity contribution in [3.05, 3.63) is 41.6 Å². The summed E-state index contributed by atoms with van der Waals surface area (Å²) in [6, 6.07) is 6.69. The number of hydrogen-bond donors (Lipinski definition) is 3. The molecular weight excluding hydrogens is 362 g/mol. The summed E-state index contributed by atoms with van der Waals surface area (Å²) in [6.07, 6.45) is -4.74. The maximum atomic E-state index is 13.5. The number of hydrogen-bond acceptors (Lipinski definition) is 6. The molecule has 1 aromatic heterocycles. The highest BCUT2D eigenvalue weighted by Crippen LogP contribution is 2.42. The van der Waals surface area contributed by atoms with Gasteiger partial charge in [0.25, 0.3) is 0 Å². The molecule has 4 N–H and O–H groups in total. The molecular formula is C17H15BF3N3O3. The number of halogens is 3. The van der Waals surface area contributed by atoms with E-state index in [-0.39, 0.29) is 16.8 Å². The molecule has 0 saturated heterocycles. The second-order valence-corrected chi connectivity index (χ2v) is 5.95. The Balaban J connectivity index is 2.34. The predicted octanol–water partition coefficient (Wildman–Crippen LogP) is 1.89. The minimum absolute atomic E-state index is 0.0621. The van der Waals surface area contributed by atoms with Crippen LogP contribution in [-0.2, 0) is 6.18 Å². The van der Waals surface area contributed by atoms with E-state index in [4.69, 9.17) is 10.5 Å². The van der Waals surface area contributed by atoms with Crippen molar-refractivity contribution in [1.29, 1.82) is 0 Å². The summed E-state index contributed by atoms with van der Waals surface area (Å²) in [4.78, 5) is 0. The van der Waals surface area contributed by atoms with Crippen LogP contribution in [0, 0.1) is 6.92 Å². The standard InChI is InChI=1S/C17H15BF3N3O3/c1-8-12-5-9(3-4-11(12)16(22)24-23-8)13-6-10(18(25)26)7-14(15(13)27-2)17(19,20)21/h3-7,25-26H,1-2H3,(H2,22,24). The Morgan fingerprint density at radius 3 is 2.37 bits per heavy atom. The summed E-state index contributed by atoms with van der Waals surface area (Å²) in [5.74, 6) is -0.219. The van der Waals surface area contributed by atoms with Crippen molar-refractivity contribution in [3.8, 4) is 16.9 Å². The number of methoxy groups -OCH3 is 1. The first-order valence-corrected chi connectivity index (χ1v) is 7.81. The van der Waals surface area contributed by atoms with Crippen LogP contribution in [0.5, 0.6) is 5.75 Å². The van der Waals surface area contributed by atoms with E-state index < -0.39 is 24.6 Å². The molecule has 0 spiro atoms. The van der Waals surface area contributed by atoms with Crippen molar-refractivity contribution in [2.24, 2.45) is 0 Å². The van der Waals surface area contributed by atoms with E-state index in [1.165, 1.54) is 6.07 Å². The topological polar surface area (TPSA) is 101 Å². The van der Waals surface area contributed by atoms with E-state index in [2.05, 4.69) is 10.2 Å². The van der Waals surface area contributed by atoms with Gasteiger partial charge in [-0.25, -0.2) is 0 Å². The van der Waals surface area contributed by atoms with Gasteiger partial charge < -0.3 is 20.5 Å². The quantitative estimate of drug-likeness (QED) is 0.603. The lowest BCUT2D eigenvalue weighted by atomic mass is 9.77. The normalized spacial score (nSPS) is 11.7. The molecule has 0 radical (unpaired) electrons. The maximum Gasteiger partial charge on any atom is 0.488 e. The summed E-state index contributed by atoms with van der Waals surface area (Å²) < 4.78 is 45.4. The summed E-state index contributed by atoms with van der Waals surface area (Å²) >= 11 is 0. The smallest absolute Gasteiger partial charge is 0.488 e. The highest BCUT2D eigenvalue weighted by molar-refractivity contribution is 6.58. The summed E-state index contributed by atoms with van der Waals surface area (Å²) in [6.45, 7) is 1.70. The largest absolute Gasteiger partial charge is 0.495 e. The van der Waals surface area contributed by atoms with Gasteiger partial charge in [-0.05, 0) is 36.1 Å². The van der Waals surface area contributed by atoms with Gasteiger partial charge in [0.05, 0.1) is 18.4 Å². The molecule has 0 unspecified atom stereocenters. The molecule has 6 nitrogen and oxygen atoms in total. The molecule has 10 heteroatoms. The molecule has 27 heavy (non-hydrogen) atoms. The molecule has 1 heterocycles. The Kier molecular flexibility index (Phi) is 4.71. The second-order valence-electron chi connectivity index (χ2n) is 5.95. The molecule has 3 rings (SSSR count). The Labute approximate surface area is 152 Å². The van der Waals surface area contributed by atoms with Crippen molar-refractivity contribution >= 4 is 29.2 Å². The zero-order chi connectivity index (χ0) is 19.9. The molecule has 0 aliphatic carbocycles. The van der Waals surface area contributed by atoms with Gasteiger partial charge in [-0.1, -0.05) is 12.1 Å². The lowest BCUT2D eigenvalue weighted by Gasteiger charge is -2.18. The van der Waals surface area contributed by atoms with Crippen LogP contribution in [0.1, 0.15) is 11.3 Å². The lowest BCUT2D eigenvalue weighted by molar-refractivity contribution is -0.138. The molecule has 3 aromatic rings. The van der Waals surface area contributed by atoms with Gasteiger partial charge in [0.15, 0.2) is 5.82 Å². The van der Waals surface area contributed by atoms with Gasteiger partial charge in [0, 0.05) is 16.3 Å². The van der Waals surface area contributed by atoms with E-state index in [0.29, 0.717) is 28.1 Å². The molecule has 0 aliphatic heterocycles. The van der Waals surface area contributed by atoms with Crippen LogP contribution in [0.25, 0.3) is 21.9 Å². The van der Waals surface area contributed by atoms with Gasteiger partial charge in [0.1, 0.15) is 5.75 Å². The zero-order valence-electron chi connectivity index (χ0n) is 14.4. The van der Waals surface area contributed by atoms with Gasteiger partial charge in [-0.2, -0.15) is 18.3 Å². The molecule has 0 amide bonds. The number of alkyl halides is 3. The van der Waals surface area contributed by atoms with Crippen LogP contribution < -0.4 is 15.9 Å². The minimum Gasteiger partial charge on any atom is -0.495 e. The molecule has 140 valence electrons. The third-order valence-electron chi connectivity index (χ3n) is 4.22. The molecule has 2 aromatic carbocycles. The second kappa shape index (κ2) is 6.71. The number of rotatable bonds is 3. The van der Waals surface area contributed by atoms with Crippen molar-refractivity contribution in [2.45, 2.75) is 13.1 Å². The van der Waals surface area contributed by atoms with Crippen LogP contribution >= 0.6 is 0 Å².